The first kappa shape index (κ1) is 12.7. The smallest absolute Gasteiger partial charge is 0.271 e. The molecule has 1 heterocycles. The van der Waals surface area contributed by atoms with Crippen molar-refractivity contribution in [3.8, 4) is 5.75 Å². The third-order valence-electron chi connectivity index (χ3n) is 2.00. The van der Waals surface area contributed by atoms with Crippen LogP contribution in [0.1, 0.15) is 5.01 Å². The lowest BCUT2D eigenvalue weighted by atomic mass is 10.3. The molecule has 0 unspecified atom stereocenters. The Hall–Kier alpha value is -1.73. The molecule has 0 spiro atoms. The summed E-state index contributed by atoms with van der Waals surface area (Å²) < 4.78 is 18.0. The summed E-state index contributed by atoms with van der Waals surface area (Å²) in [7, 11) is 0. The summed E-state index contributed by atoms with van der Waals surface area (Å²) in [6.07, 6.45) is 1.10. The zero-order chi connectivity index (χ0) is 13.1. The number of nitro benzene ring substituents is 1. The van der Waals surface area contributed by atoms with Gasteiger partial charge < -0.3 is 4.74 Å². The number of nitrogens with zero attached hydrogens (tertiary/aromatic N) is 2. The van der Waals surface area contributed by atoms with Gasteiger partial charge in [-0.2, -0.15) is 4.39 Å². The summed E-state index contributed by atoms with van der Waals surface area (Å²) in [4.78, 5) is 13.7. The van der Waals surface area contributed by atoms with Gasteiger partial charge in [0.1, 0.15) is 17.4 Å². The predicted octanol–water partition coefficient (Wildman–Crippen LogP) is 3.42. The first-order valence-electron chi connectivity index (χ1n) is 4.73. The Morgan fingerprint density at radius 1 is 1.56 bits per heavy atom. The first-order chi connectivity index (χ1) is 8.56. The number of thiazole rings is 1. The van der Waals surface area contributed by atoms with Crippen molar-refractivity contribution in [2.45, 2.75) is 6.61 Å². The molecule has 0 radical (unpaired) electrons. The highest BCUT2D eigenvalue weighted by Crippen LogP contribution is 2.29. The Balaban J connectivity index is 2.08. The number of halogens is 2. The Bertz CT molecular complexity index is 590. The minimum Gasteiger partial charge on any atom is -0.485 e. The Morgan fingerprint density at radius 2 is 2.33 bits per heavy atom. The van der Waals surface area contributed by atoms with Crippen molar-refractivity contribution in [2.75, 3.05) is 0 Å². The van der Waals surface area contributed by atoms with Gasteiger partial charge in [-0.15, -0.1) is 0 Å². The highest BCUT2D eigenvalue weighted by Gasteiger charge is 2.11. The zero-order valence-corrected chi connectivity index (χ0v) is 10.4. The monoisotopic (exact) mass is 288 g/mol. The largest absolute Gasteiger partial charge is 0.485 e. The van der Waals surface area contributed by atoms with E-state index in [-0.39, 0.29) is 23.1 Å². The molecule has 0 aliphatic heterocycles. The van der Waals surface area contributed by atoms with Crippen LogP contribution >= 0.6 is 22.9 Å². The fourth-order valence-electron chi connectivity index (χ4n) is 1.21. The van der Waals surface area contributed by atoms with E-state index in [4.69, 9.17) is 16.3 Å². The molecule has 2 rings (SSSR count). The van der Waals surface area contributed by atoms with E-state index in [0.717, 1.165) is 17.5 Å². The molecule has 2 aromatic rings. The molecular formula is C10H6ClFN2O3S. The van der Waals surface area contributed by atoms with Crippen LogP contribution in [0.3, 0.4) is 0 Å². The second-order valence-corrected chi connectivity index (χ2v) is 4.69. The second kappa shape index (κ2) is 5.28. The number of nitro groups is 1. The van der Waals surface area contributed by atoms with Crippen molar-refractivity contribution in [1.29, 1.82) is 0 Å². The zero-order valence-electron chi connectivity index (χ0n) is 8.80. The van der Waals surface area contributed by atoms with Gasteiger partial charge in [-0.25, -0.2) is 4.98 Å². The molecule has 94 valence electrons. The average molecular weight is 289 g/mol. The SMILES string of the molecule is O=[N+]([O-])c1ccc(OCc2ncc(F)s2)c(Cl)c1. The molecule has 0 aliphatic rings. The molecule has 0 saturated carbocycles. The summed E-state index contributed by atoms with van der Waals surface area (Å²) in [5.74, 6) is 0.290. The van der Waals surface area contributed by atoms with E-state index in [1.807, 2.05) is 0 Å². The van der Waals surface area contributed by atoms with Crippen molar-refractivity contribution < 1.29 is 14.1 Å². The number of non-ortho nitro benzene ring substituents is 1. The molecule has 0 N–H and O–H groups in total. The van der Waals surface area contributed by atoms with E-state index in [0.29, 0.717) is 5.01 Å². The standard InChI is InChI=1S/C10H6ClFN2O3S/c11-7-3-6(14(15)16)1-2-8(7)17-5-10-13-4-9(12)18-10/h1-4H,5H2. The third-order valence-corrected chi connectivity index (χ3v) is 3.06. The minimum absolute atomic E-state index is 0.0616. The van der Waals surface area contributed by atoms with Gasteiger partial charge in [0.2, 0.25) is 0 Å². The van der Waals surface area contributed by atoms with E-state index in [9.17, 15) is 14.5 Å². The molecule has 0 atom stereocenters. The first-order valence-corrected chi connectivity index (χ1v) is 5.92. The van der Waals surface area contributed by atoms with E-state index in [1.165, 1.54) is 18.2 Å². The maximum absolute atomic E-state index is 12.7. The normalized spacial score (nSPS) is 10.3. The van der Waals surface area contributed by atoms with Crippen LogP contribution in [0.4, 0.5) is 10.1 Å². The van der Waals surface area contributed by atoms with E-state index in [1.54, 1.807) is 0 Å². The number of hydrogen-bond acceptors (Lipinski definition) is 5. The van der Waals surface area contributed by atoms with Crippen molar-refractivity contribution in [3.63, 3.8) is 0 Å². The average Bonchev–Trinajstić information content (AvgIpc) is 2.73. The lowest BCUT2D eigenvalue weighted by Gasteiger charge is -2.05. The number of rotatable bonds is 4. The number of hydrogen-bond donors (Lipinski definition) is 0. The lowest BCUT2D eigenvalue weighted by Crippen LogP contribution is -1.96. The third kappa shape index (κ3) is 2.93. The molecular weight excluding hydrogens is 283 g/mol. The van der Waals surface area contributed by atoms with E-state index in [2.05, 4.69) is 4.98 Å². The van der Waals surface area contributed by atoms with Crippen molar-refractivity contribution in [1.82, 2.24) is 4.98 Å². The van der Waals surface area contributed by atoms with Crippen LogP contribution in [-0.4, -0.2) is 9.91 Å². The van der Waals surface area contributed by atoms with E-state index >= 15 is 0 Å². The fourth-order valence-corrected chi connectivity index (χ4v) is 2.00. The van der Waals surface area contributed by atoms with Crippen molar-refractivity contribution in [2.24, 2.45) is 0 Å². The van der Waals surface area contributed by atoms with Crippen LogP contribution in [0.5, 0.6) is 5.75 Å². The van der Waals surface area contributed by atoms with Crippen LogP contribution in [0.2, 0.25) is 5.02 Å². The van der Waals surface area contributed by atoms with Gasteiger partial charge in [-0.1, -0.05) is 22.9 Å². The maximum Gasteiger partial charge on any atom is 0.271 e. The molecule has 18 heavy (non-hydrogen) atoms. The molecule has 0 aliphatic carbocycles. The summed E-state index contributed by atoms with van der Waals surface area (Å²) >= 11 is 6.69. The molecule has 1 aromatic heterocycles. The summed E-state index contributed by atoms with van der Waals surface area (Å²) in [5.41, 5.74) is -0.118. The second-order valence-electron chi connectivity index (χ2n) is 3.22. The topological polar surface area (TPSA) is 65.3 Å². The molecule has 0 saturated heterocycles. The van der Waals surface area contributed by atoms with Crippen LogP contribution < -0.4 is 4.74 Å². The Morgan fingerprint density at radius 3 is 2.89 bits per heavy atom. The Kier molecular flexibility index (Phi) is 3.73. The highest BCUT2D eigenvalue weighted by atomic mass is 35.5. The molecule has 0 amide bonds. The highest BCUT2D eigenvalue weighted by molar-refractivity contribution is 7.09. The fraction of sp³-hybridized carbons (Fsp3) is 0.100. The van der Waals surface area contributed by atoms with Crippen LogP contribution in [0, 0.1) is 15.2 Å². The van der Waals surface area contributed by atoms with Gasteiger partial charge in [-0.3, -0.25) is 10.1 Å². The predicted molar refractivity (Wildman–Crippen MR) is 64.5 cm³/mol. The molecule has 0 bridgehead atoms. The number of benzene rings is 1. The van der Waals surface area contributed by atoms with Crippen LogP contribution in [0.25, 0.3) is 0 Å². The van der Waals surface area contributed by atoms with Gasteiger partial charge in [0, 0.05) is 12.1 Å². The molecule has 0 fully saturated rings. The van der Waals surface area contributed by atoms with Crippen LogP contribution in [0.15, 0.2) is 24.4 Å². The molecule has 1 aromatic carbocycles. The lowest BCUT2D eigenvalue weighted by molar-refractivity contribution is -0.384. The molecule has 5 nitrogen and oxygen atoms in total. The van der Waals surface area contributed by atoms with Crippen molar-refractivity contribution in [3.05, 3.63) is 49.7 Å². The Labute approximate surface area is 110 Å². The van der Waals surface area contributed by atoms with Gasteiger partial charge in [-0.05, 0) is 6.07 Å². The van der Waals surface area contributed by atoms with Gasteiger partial charge in [0.05, 0.1) is 16.1 Å². The summed E-state index contributed by atoms with van der Waals surface area (Å²) in [6.45, 7) is 0.0616. The van der Waals surface area contributed by atoms with Crippen LogP contribution in [-0.2, 0) is 6.61 Å². The van der Waals surface area contributed by atoms with Crippen molar-refractivity contribution >= 4 is 28.6 Å². The van der Waals surface area contributed by atoms with Gasteiger partial charge >= 0.3 is 0 Å². The number of ether oxygens (including phenoxy) is 1. The van der Waals surface area contributed by atoms with E-state index < -0.39 is 10.1 Å². The minimum atomic E-state index is -0.550. The van der Waals surface area contributed by atoms with Gasteiger partial charge in [0.15, 0.2) is 5.13 Å². The summed E-state index contributed by atoms with van der Waals surface area (Å²) in [5, 5.41) is 10.7. The quantitative estimate of drug-likeness (QED) is 0.638. The number of aromatic nitrogens is 1. The molecule has 8 heteroatoms. The summed E-state index contributed by atoms with van der Waals surface area (Å²) in [6, 6.07) is 3.87. The van der Waals surface area contributed by atoms with Gasteiger partial charge in [0.25, 0.3) is 5.69 Å². The maximum atomic E-state index is 12.7.